The third-order valence-corrected chi connectivity index (χ3v) is 3.99. The first-order valence-corrected chi connectivity index (χ1v) is 8.62. The molecule has 0 spiro atoms. The highest BCUT2D eigenvalue weighted by Gasteiger charge is 2.10. The van der Waals surface area contributed by atoms with Crippen LogP contribution in [-0.2, 0) is 26.2 Å². The molecule has 0 saturated heterocycles. The van der Waals surface area contributed by atoms with Gasteiger partial charge in [0.05, 0.1) is 0 Å². The lowest BCUT2D eigenvalue weighted by Crippen LogP contribution is -2.29. The van der Waals surface area contributed by atoms with E-state index in [1.165, 1.54) is 24.3 Å². The van der Waals surface area contributed by atoms with E-state index < -0.39 is 28.4 Å². The van der Waals surface area contributed by atoms with Crippen LogP contribution in [0.1, 0.15) is 11.1 Å². The molecule has 0 amide bonds. The molecule has 0 radical (unpaired) electrons. The number of hydrogen-bond donors (Lipinski definition) is 1. The summed E-state index contributed by atoms with van der Waals surface area (Å²) in [5.74, 6) is -1.19. The molecule has 0 fully saturated rings. The molecule has 0 bridgehead atoms. The van der Waals surface area contributed by atoms with Crippen molar-refractivity contribution in [2.45, 2.75) is 6.61 Å². The quantitative estimate of drug-likeness (QED) is 0.780. The Kier molecular flexibility index (Phi) is 6.22. The Morgan fingerprint density at radius 2 is 1.88 bits per heavy atom. The summed E-state index contributed by atoms with van der Waals surface area (Å²) in [5.41, 5.74) is 1.20. The molecule has 2 rings (SSSR count). The summed E-state index contributed by atoms with van der Waals surface area (Å²) >= 11 is 0. The third-order valence-electron chi connectivity index (χ3n) is 2.95. The van der Waals surface area contributed by atoms with Gasteiger partial charge in [0, 0.05) is 5.41 Å². The van der Waals surface area contributed by atoms with Gasteiger partial charge in [0.2, 0.25) is 10.0 Å². The van der Waals surface area contributed by atoms with Crippen LogP contribution >= 0.6 is 0 Å². The number of benzene rings is 2. The van der Waals surface area contributed by atoms with E-state index in [2.05, 4.69) is 4.72 Å². The molecule has 0 aliphatic rings. The number of carbonyl (C=O) groups is 1. The average molecular weight is 349 g/mol. The van der Waals surface area contributed by atoms with Crippen LogP contribution in [-0.4, -0.2) is 20.9 Å². The van der Waals surface area contributed by atoms with Gasteiger partial charge in [-0.25, -0.2) is 17.5 Å². The molecular weight excluding hydrogens is 333 g/mol. The highest BCUT2D eigenvalue weighted by atomic mass is 32.2. The van der Waals surface area contributed by atoms with Crippen molar-refractivity contribution in [1.29, 1.82) is 0 Å². The van der Waals surface area contributed by atoms with Gasteiger partial charge in [0.25, 0.3) is 0 Å². The molecular formula is C17H16FNO4S. The fourth-order valence-electron chi connectivity index (χ4n) is 1.78. The predicted octanol–water partition coefficient (Wildman–Crippen LogP) is 2.46. The van der Waals surface area contributed by atoms with Crippen LogP contribution in [0.4, 0.5) is 4.39 Å². The van der Waals surface area contributed by atoms with Crippen molar-refractivity contribution in [2.24, 2.45) is 0 Å². The lowest BCUT2D eigenvalue weighted by Gasteiger charge is -2.05. The van der Waals surface area contributed by atoms with E-state index >= 15 is 0 Å². The first-order chi connectivity index (χ1) is 11.4. The zero-order valence-corrected chi connectivity index (χ0v) is 13.5. The summed E-state index contributed by atoms with van der Waals surface area (Å²) in [6, 6.07) is 14.5. The van der Waals surface area contributed by atoms with Crippen molar-refractivity contribution < 1.29 is 22.3 Å². The van der Waals surface area contributed by atoms with Crippen molar-refractivity contribution in [3.05, 3.63) is 76.9 Å². The highest BCUT2D eigenvalue weighted by molar-refractivity contribution is 7.92. The molecule has 2 aromatic carbocycles. The first-order valence-electron chi connectivity index (χ1n) is 7.07. The maximum Gasteiger partial charge on any atom is 0.321 e. The summed E-state index contributed by atoms with van der Waals surface area (Å²) < 4.78 is 43.5. The monoisotopic (exact) mass is 349 g/mol. The summed E-state index contributed by atoms with van der Waals surface area (Å²) in [6.45, 7) is -0.630. The largest absolute Gasteiger partial charge is 0.460 e. The highest BCUT2D eigenvalue weighted by Crippen LogP contribution is 2.05. The molecule has 2 aromatic rings. The van der Waals surface area contributed by atoms with Gasteiger partial charge < -0.3 is 4.74 Å². The molecule has 0 unspecified atom stereocenters. The molecule has 24 heavy (non-hydrogen) atoms. The second-order valence-corrected chi connectivity index (χ2v) is 6.52. The summed E-state index contributed by atoms with van der Waals surface area (Å²) in [5, 5.41) is 0.974. The van der Waals surface area contributed by atoms with E-state index in [1.807, 2.05) is 6.07 Å². The minimum absolute atomic E-state index is 0.127. The standard InChI is InChI=1S/C17H16FNO4S/c18-16-8-4-7-15(11-16)13-23-17(20)12-19-24(21,22)10-9-14-5-2-1-3-6-14/h1-11,19H,12-13H2/b10-9+. The number of rotatable bonds is 7. The van der Waals surface area contributed by atoms with Gasteiger partial charge in [-0.15, -0.1) is 0 Å². The Bertz CT molecular complexity index is 819. The summed E-state index contributed by atoms with van der Waals surface area (Å²) in [4.78, 5) is 11.6. The minimum atomic E-state index is -3.76. The zero-order chi connectivity index (χ0) is 17.4. The topological polar surface area (TPSA) is 72.5 Å². The van der Waals surface area contributed by atoms with Crippen molar-refractivity contribution >= 4 is 22.1 Å². The second-order valence-electron chi connectivity index (χ2n) is 4.87. The van der Waals surface area contributed by atoms with Gasteiger partial charge in [-0.2, -0.15) is 0 Å². The molecule has 5 nitrogen and oxygen atoms in total. The van der Waals surface area contributed by atoms with Crippen LogP contribution in [0.15, 0.2) is 60.0 Å². The average Bonchev–Trinajstić information content (AvgIpc) is 2.58. The SMILES string of the molecule is O=C(CNS(=O)(=O)/C=C/c1ccccc1)OCc1cccc(F)c1. The first kappa shape index (κ1) is 17.8. The second kappa shape index (κ2) is 8.37. The molecule has 7 heteroatoms. The number of esters is 1. The molecule has 0 aromatic heterocycles. The number of nitrogens with one attached hydrogen (secondary N) is 1. The van der Waals surface area contributed by atoms with Crippen LogP contribution in [0.25, 0.3) is 6.08 Å². The number of ether oxygens (including phenoxy) is 1. The molecule has 0 aliphatic carbocycles. The fraction of sp³-hybridized carbons (Fsp3) is 0.118. The van der Waals surface area contributed by atoms with Crippen molar-refractivity contribution in [2.75, 3.05) is 6.54 Å². The normalized spacial score (nSPS) is 11.5. The van der Waals surface area contributed by atoms with Crippen LogP contribution in [0, 0.1) is 5.82 Å². The maximum atomic E-state index is 13.0. The van der Waals surface area contributed by atoms with Crippen LogP contribution < -0.4 is 4.72 Å². The van der Waals surface area contributed by atoms with Crippen LogP contribution in [0.5, 0.6) is 0 Å². The Morgan fingerprint density at radius 1 is 1.12 bits per heavy atom. The van der Waals surface area contributed by atoms with E-state index in [-0.39, 0.29) is 6.61 Å². The van der Waals surface area contributed by atoms with Gasteiger partial charge >= 0.3 is 5.97 Å². The van der Waals surface area contributed by atoms with E-state index in [1.54, 1.807) is 30.3 Å². The van der Waals surface area contributed by atoms with E-state index in [9.17, 15) is 17.6 Å². The Balaban J connectivity index is 1.81. The van der Waals surface area contributed by atoms with Crippen molar-refractivity contribution in [3.63, 3.8) is 0 Å². The lowest BCUT2D eigenvalue weighted by atomic mass is 10.2. The van der Waals surface area contributed by atoms with Crippen LogP contribution in [0.3, 0.4) is 0 Å². The zero-order valence-electron chi connectivity index (χ0n) is 12.7. The molecule has 1 N–H and O–H groups in total. The third kappa shape index (κ3) is 6.31. The van der Waals surface area contributed by atoms with Gasteiger partial charge in [-0.3, -0.25) is 4.79 Å². The Morgan fingerprint density at radius 3 is 2.58 bits per heavy atom. The number of halogens is 1. The van der Waals surface area contributed by atoms with Crippen molar-refractivity contribution in [1.82, 2.24) is 4.72 Å². The molecule has 0 atom stereocenters. The summed E-state index contributed by atoms with van der Waals surface area (Å²) in [7, 11) is -3.76. The van der Waals surface area contributed by atoms with Gasteiger partial charge in [-0.05, 0) is 29.3 Å². The molecule has 0 saturated carbocycles. The Labute approximate surface area is 139 Å². The lowest BCUT2D eigenvalue weighted by molar-refractivity contribution is -0.143. The van der Waals surface area contributed by atoms with Gasteiger partial charge in [0.1, 0.15) is 19.0 Å². The maximum absolute atomic E-state index is 13.0. The summed E-state index contributed by atoms with van der Waals surface area (Å²) in [6.07, 6.45) is 1.42. The minimum Gasteiger partial charge on any atom is -0.460 e. The van der Waals surface area contributed by atoms with E-state index in [4.69, 9.17) is 4.74 Å². The molecule has 0 heterocycles. The number of sulfonamides is 1. The smallest absolute Gasteiger partial charge is 0.321 e. The van der Waals surface area contributed by atoms with E-state index in [0.29, 0.717) is 5.56 Å². The number of hydrogen-bond acceptors (Lipinski definition) is 4. The van der Waals surface area contributed by atoms with Crippen LogP contribution in [0.2, 0.25) is 0 Å². The van der Waals surface area contributed by atoms with Gasteiger partial charge in [0.15, 0.2) is 0 Å². The Hall–Kier alpha value is -2.51. The fourth-order valence-corrected chi connectivity index (χ4v) is 2.53. The van der Waals surface area contributed by atoms with E-state index in [0.717, 1.165) is 11.0 Å². The van der Waals surface area contributed by atoms with Gasteiger partial charge in [-0.1, -0.05) is 42.5 Å². The molecule has 126 valence electrons. The van der Waals surface area contributed by atoms with Crippen molar-refractivity contribution in [3.8, 4) is 0 Å². The number of carbonyl (C=O) groups excluding carboxylic acids is 1. The molecule has 0 aliphatic heterocycles. The predicted molar refractivity (Wildman–Crippen MR) is 88.6 cm³/mol.